The molecule has 0 N–H and O–H groups in total. The first-order chi connectivity index (χ1) is 15.4. The number of rotatable bonds is 4. The molecule has 172 valence electrons. The summed E-state index contributed by atoms with van der Waals surface area (Å²) in [7, 11) is -2.60. The molecule has 2 atom stereocenters. The molecule has 3 aliphatic rings. The van der Waals surface area contributed by atoms with Gasteiger partial charge in [0.2, 0.25) is 11.6 Å². The molecule has 2 aromatic rings. The van der Waals surface area contributed by atoms with E-state index in [1.807, 2.05) is 0 Å². The summed E-state index contributed by atoms with van der Waals surface area (Å²) in [6.45, 7) is 6.99. The highest BCUT2D eigenvalue weighted by Crippen LogP contribution is 2.50. The zero-order chi connectivity index (χ0) is 22.3. The molecule has 0 amide bonds. The molecular formula is C27H36O4Si. The standard InChI is InChI=1S/C27H36O4Si/c1-25(2,3)32(23-14-6-4-7-15-23,24-16-8-5-9-17-24)28-22-13-12-20-27(21-22)29-26(30-31-27)18-10-11-19-26/h4-9,14-17,22H,10-13,18-21H2,1-3H3/t22-,27-/m1/s1. The lowest BCUT2D eigenvalue weighted by molar-refractivity contribution is -0.356. The minimum atomic E-state index is -2.60. The lowest BCUT2D eigenvalue weighted by Crippen LogP contribution is -2.68. The first-order valence-electron chi connectivity index (χ1n) is 12.2. The lowest BCUT2D eigenvalue weighted by Gasteiger charge is -2.47. The van der Waals surface area contributed by atoms with Crippen LogP contribution in [0.2, 0.25) is 5.04 Å². The molecule has 2 spiro atoms. The minimum absolute atomic E-state index is 0.0408. The average Bonchev–Trinajstić information content (AvgIpc) is 3.39. The predicted molar refractivity (Wildman–Crippen MR) is 128 cm³/mol. The highest BCUT2D eigenvalue weighted by molar-refractivity contribution is 6.99. The van der Waals surface area contributed by atoms with Crippen LogP contribution in [0.3, 0.4) is 0 Å². The van der Waals surface area contributed by atoms with Crippen molar-refractivity contribution in [3.8, 4) is 0 Å². The van der Waals surface area contributed by atoms with Gasteiger partial charge in [-0.05, 0) is 41.1 Å². The molecule has 0 aromatic heterocycles. The van der Waals surface area contributed by atoms with E-state index in [0.29, 0.717) is 0 Å². The topological polar surface area (TPSA) is 36.9 Å². The fraction of sp³-hybridized carbons (Fsp3) is 0.556. The van der Waals surface area contributed by atoms with Gasteiger partial charge in [-0.3, -0.25) is 0 Å². The molecule has 0 unspecified atom stereocenters. The molecule has 0 radical (unpaired) electrons. The summed E-state index contributed by atoms with van der Waals surface area (Å²) in [5.41, 5.74) is 0. The van der Waals surface area contributed by atoms with Crippen LogP contribution in [0.15, 0.2) is 60.7 Å². The van der Waals surface area contributed by atoms with Gasteiger partial charge in [0.1, 0.15) is 0 Å². The molecule has 2 saturated carbocycles. The van der Waals surface area contributed by atoms with Crippen molar-refractivity contribution < 1.29 is 18.9 Å². The lowest BCUT2D eigenvalue weighted by atomic mass is 9.91. The predicted octanol–water partition coefficient (Wildman–Crippen LogP) is 5.45. The maximum absolute atomic E-state index is 7.38. The molecule has 1 saturated heterocycles. The maximum Gasteiger partial charge on any atom is 0.261 e. The Labute approximate surface area is 193 Å². The summed E-state index contributed by atoms with van der Waals surface area (Å²) in [6, 6.07) is 21.7. The van der Waals surface area contributed by atoms with Gasteiger partial charge in [0.15, 0.2) is 0 Å². The van der Waals surface area contributed by atoms with Crippen LogP contribution in [-0.4, -0.2) is 26.0 Å². The van der Waals surface area contributed by atoms with Crippen molar-refractivity contribution in [2.75, 3.05) is 0 Å². The fourth-order valence-corrected chi connectivity index (χ4v) is 10.7. The zero-order valence-corrected chi connectivity index (χ0v) is 20.6. The van der Waals surface area contributed by atoms with Crippen molar-refractivity contribution in [3.05, 3.63) is 60.7 Å². The van der Waals surface area contributed by atoms with Gasteiger partial charge in [0.25, 0.3) is 8.32 Å². The van der Waals surface area contributed by atoms with Gasteiger partial charge in [0, 0.05) is 25.7 Å². The van der Waals surface area contributed by atoms with Crippen LogP contribution in [0.5, 0.6) is 0 Å². The van der Waals surface area contributed by atoms with Crippen LogP contribution in [0, 0.1) is 0 Å². The Morgan fingerprint density at radius 2 is 1.31 bits per heavy atom. The van der Waals surface area contributed by atoms with Gasteiger partial charge in [-0.25, -0.2) is 0 Å². The minimum Gasteiger partial charge on any atom is -0.404 e. The molecule has 3 fully saturated rings. The van der Waals surface area contributed by atoms with Gasteiger partial charge < -0.3 is 9.16 Å². The molecule has 0 bridgehead atoms. The van der Waals surface area contributed by atoms with Gasteiger partial charge in [-0.2, -0.15) is 9.78 Å². The van der Waals surface area contributed by atoms with E-state index in [2.05, 4.69) is 81.4 Å². The first kappa shape index (κ1) is 22.3. The highest BCUT2D eigenvalue weighted by atomic mass is 28.4. The van der Waals surface area contributed by atoms with Crippen molar-refractivity contribution >= 4 is 18.7 Å². The van der Waals surface area contributed by atoms with Crippen molar-refractivity contribution in [1.82, 2.24) is 0 Å². The third-order valence-electron chi connectivity index (χ3n) is 7.47. The van der Waals surface area contributed by atoms with E-state index in [1.54, 1.807) is 0 Å². The van der Waals surface area contributed by atoms with Crippen molar-refractivity contribution in [1.29, 1.82) is 0 Å². The van der Waals surface area contributed by atoms with Crippen LogP contribution in [-0.2, 0) is 18.9 Å². The largest absolute Gasteiger partial charge is 0.404 e. The highest BCUT2D eigenvalue weighted by Gasteiger charge is 2.58. The molecule has 5 heteroatoms. The molecule has 1 aliphatic heterocycles. The Hall–Kier alpha value is -1.50. The molecule has 2 aliphatic carbocycles. The van der Waals surface area contributed by atoms with E-state index in [-0.39, 0.29) is 11.1 Å². The number of hydrogen-bond acceptors (Lipinski definition) is 4. The summed E-state index contributed by atoms with van der Waals surface area (Å²) < 4.78 is 13.9. The Morgan fingerprint density at radius 1 is 0.781 bits per heavy atom. The third kappa shape index (κ3) is 3.88. The summed E-state index contributed by atoms with van der Waals surface area (Å²) in [5.74, 6) is -1.20. The molecular weight excluding hydrogens is 416 g/mol. The van der Waals surface area contributed by atoms with Crippen LogP contribution in [0.25, 0.3) is 0 Å². The summed E-state index contributed by atoms with van der Waals surface area (Å²) in [5, 5.41) is 2.59. The van der Waals surface area contributed by atoms with Crippen LogP contribution in [0.1, 0.15) is 72.1 Å². The quantitative estimate of drug-likeness (QED) is 0.457. The number of benzene rings is 2. The first-order valence-corrected chi connectivity index (χ1v) is 14.1. The van der Waals surface area contributed by atoms with Crippen molar-refractivity contribution in [2.45, 2.75) is 94.9 Å². The smallest absolute Gasteiger partial charge is 0.261 e. The average molecular weight is 453 g/mol. The Balaban J connectivity index is 1.49. The molecule has 1 heterocycles. The second-order valence-electron chi connectivity index (χ2n) is 10.8. The number of ether oxygens (including phenoxy) is 1. The van der Waals surface area contributed by atoms with E-state index in [1.165, 1.54) is 10.4 Å². The Bertz CT molecular complexity index is 865. The Kier molecular flexibility index (Phi) is 5.83. The maximum atomic E-state index is 7.38. The van der Waals surface area contributed by atoms with Gasteiger partial charge >= 0.3 is 0 Å². The second-order valence-corrected chi connectivity index (χ2v) is 15.0. The summed E-state index contributed by atoms with van der Waals surface area (Å²) >= 11 is 0. The fourth-order valence-electron chi connectivity index (χ4n) is 5.98. The normalized spacial score (nSPS) is 27.9. The van der Waals surface area contributed by atoms with Gasteiger partial charge in [0.05, 0.1) is 6.10 Å². The van der Waals surface area contributed by atoms with E-state index in [4.69, 9.17) is 18.9 Å². The van der Waals surface area contributed by atoms with Crippen LogP contribution < -0.4 is 10.4 Å². The molecule has 5 rings (SSSR count). The SMILES string of the molecule is CC(C)(C)[Si](O[C@@H]1CCC[C@]2(C1)OOC1(CCCC1)O2)(c1ccccc1)c1ccccc1. The van der Waals surface area contributed by atoms with E-state index < -0.39 is 19.9 Å². The number of hydrogen-bond donors (Lipinski definition) is 0. The van der Waals surface area contributed by atoms with E-state index >= 15 is 0 Å². The van der Waals surface area contributed by atoms with Crippen LogP contribution in [0.4, 0.5) is 0 Å². The van der Waals surface area contributed by atoms with E-state index in [0.717, 1.165) is 51.4 Å². The van der Waals surface area contributed by atoms with Crippen molar-refractivity contribution in [3.63, 3.8) is 0 Å². The molecule has 4 nitrogen and oxygen atoms in total. The monoisotopic (exact) mass is 452 g/mol. The molecule has 2 aromatic carbocycles. The van der Waals surface area contributed by atoms with Crippen molar-refractivity contribution in [2.24, 2.45) is 0 Å². The molecule has 32 heavy (non-hydrogen) atoms. The van der Waals surface area contributed by atoms with Gasteiger partial charge in [-0.1, -0.05) is 81.4 Å². The zero-order valence-electron chi connectivity index (χ0n) is 19.6. The van der Waals surface area contributed by atoms with Crippen LogP contribution >= 0.6 is 0 Å². The third-order valence-corrected chi connectivity index (χ3v) is 12.6. The summed E-state index contributed by atoms with van der Waals surface area (Å²) in [4.78, 5) is 11.8. The Morgan fingerprint density at radius 3 is 1.88 bits per heavy atom. The van der Waals surface area contributed by atoms with Gasteiger partial charge in [-0.15, -0.1) is 0 Å². The summed E-state index contributed by atoms with van der Waals surface area (Å²) in [6.07, 6.45) is 7.82. The van der Waals surface area contributed by atoms with E-state index in [9.17, 15) is 0 Å². The second kappa shape index (κ2) is 8.37.